The molecular weight excluding hydrogens is 186 g/mol. The smallest absolute Gasteiger partial charge is 0.128 e. The Morgan fingerprint density at radius 1 is 1.20 bits per heavy atom. The van der Waals surface area contributed by atoms with E-state index in [0.29, 0.717) is 0 Å². The van der Waals surface area contributed by atoms with Crippen molar-refractivity contribution in [3.63, 3.8) is 0 Å². The second-order valence-electron chi connectivity index (χ2n) is 3.43. The summed E-state index contributed by atoms with van der Waals surface area (Å²) in [7, 11) is 1.70. The van der Waals surface area contributed by atoms with Crippen LogP contribution >= 0.6 is 0 Å². The van der Waals surface area contributed by atoms with Gasteiger partial charge < -0.3 is 9.72 Å². The van der Waals surface area contributed by atoms with Gasteiger partial charge in [-0.2, -0.15) is 0 Å². The number of hydrogen-bond donors (Lipinski definition) is 1. The van der Waals surface area contributed by atoms with Crippen molar-refractivity contribution in [2.24, 2.45) is 0 Å². The summed E-state index contributed by atoms with van der Waals surface area (Å²) in [5.41, 5.74) is 3.61. The lowest BCUT2D eigenvalue weighted by atomic mass is 10.1. The molecule has 1 aromatic carbocycles. The lowest BCUT2D eigenvalue weighted by molar-refractivity contribution is 0.416. The van der Waals surface area contributed by atoms with Crippen molar-refractivity contribution in [1.29, 1.82) is 0 Å². The number of aromatic amines is 1. The van der Waals surface area contributed by atoms with Crippen LogP contribution in [0.1, 0.15) is 12.5 Å². The quantitative estimate of drug-likeness (QED) is 0.810. The zero-order chi connectivity index (χ0) is 10.7. The van der Waals surface area contributed by atoms with Crippen molar-refractivity contribution in [2.45, 2.75) is 13.3 Å². The third-order valence-electron chi connectivity index (χ3n) is 2.59. The van der Waals surface area contributed by atoms with Crippen LogP contribution in [0, 0.1) is 0 Å². The molecule has 0 aliphatic rings. The molecule has 2 rings (SSSR count). The molecule has 0 amide bonds. The molecular formula is C13H15NO. The molecule has 0 saturated heterocycles. The average Bonchev–Trinajstić information content (AvgIpc) is 2.76. The maximum Gasteiger partial charge on any atom is 0.128 e. The van der Waals surface area contributed by atoms with Gasteiger partial charge >= 0.3 is 0 Å². The van der Waals surface area contributed by atoms with Gasteiger partial charge in [0.15, 0.2) is 0 Å². The second kappa shape index (κ2) is 4.22. The van der Waals surface area contributed by atoms with Crippen LogP contribution in [0.15, 0.2) is 36.5 Å². The molecule has 1 aromatic heterocycles. The molecule has 0 unspecified atom stereocenters. The van der Waals surface area contributed by atoms with Gasteiger partial charge in [-0.05, 0) is 30.2 Å². The van der Waals surface area contributed by atoms with Crippen molar-refractivity contribution < 1.29 is 4.74 Å². The Kier molecular flexibility index (Phi) is 2.77. The second-order valence-corrected chi connectivity index (χ2v) is 3.43. The summed E-state index contributed by atoms with van der Waals surface area (Å²) < 4.78 is 5.35. The van der Waals surface area contributed by atoms with E-state index in [1.807, 2.05) is 24.4 Å². The maximum atomic E-state index is 5.35. The fraction of sp³-hybridized carbons (Fsp3) is 0.231. The van der Waals surface area contributed by atoms with Gasteiger partial charge in [0.2, 0.25) is 0 Å². The predicted octanol–water partition coefficient (Wildman–Crippen LogP) is 3.25. The molecule has 15 heavy (non-hydrogen) atoms. The Balaban J connectivity index is 2.53. The summed E-state index contributed by atoms with van der Waals surface area (Å²) in [5.74, 6) is 0.912. The first-order chi connectivity index (χ1) is 7.36. The van der Waals surface area contributed by atoms with Crippen LogP contribution in [0.25, 0.3) is 11.3 Å². The summed E-state index contributed by atoms with van der Waals surface area (Å²) >= 11 is 0. The fourth-order valence-corrected chi connectivity index (χ4v) is 1.80. The van der Waals surface area contributed by atoms with E-state index in [1.165, 1.54) is 5.56 Å². The lowest BCUT2D eigenvalue weighted by Gasteiger charge is -2.08. The number of methoxy groups -OCH3 is 1. The molecule has 2 heteroatoms. The zero-order valence-corrected chi connectivity index (χ0v) is 9.08. The van der Waals surface area contributed by atoms with E-state index in [1.54, 1.807) is 7.11 Å². The van der Waals surface area contributed by atoms with Gasteiger partial charge in [-0.15, -0.1) is 0 Å². The van der Waals surface area contributed by atoms with E-state index in [0.717, 1.165) is 23.4 Å². The number of benzene rings is 1. The van der Waals surface area contributed by atoms with Gasteiger partial charge in [-0.25, -0.2) is 0 Å². The monoisotopic (exact) mass is 201 g/mol. The molecule has 0 fully saturated rings. The SMILES string of the molecule is CCc1cc[nH]c1-c1ccccc1OC. The highest BCUT2D eigenvalue weighted by molar-refractivity contribution is 5.70. The minimum absolute atomic E-state index is 0.912. The molecule has 0 spiro atoms. The number of ether oxygens (including phenoxy) is 1. The Labute approximate surface area is 89.9 Å². The molecule has 2 nitrogen and oxygen atoms in total. The van der Waals surface area contributed by atoms with Crippen LogP contribution in [0.4, 0.5) is 0 Å². The van der Waals surface area contributed by atoms with Gasteiger partial charge in [0, 0.05) is 11.8 Å². The normalized spacial score (nSPS) is 10.3. The van der Waals surface area contributed by atoms with Crippen molar-refractivity contribution in [3.8, 4) is 17.0 Å². The first-order valence-electron chi connectivity index (χ1n) is 5.16. The Morgan fingerprint density at radius 3 is 2.73 bits per heavy atom. The number of nitrogens with one attached hydrogen (secondary N) is 1. The largest absolute Gasteiger partial charge is 0.496 e. The number of aromatic nitrogens is 1. The molecule has 2 aromatic rings. The van der Waals surface area contributed by atoms with E-state index in [9.17, 15) is 0 Å². The van der Waals surface area contributed by atoms with Crippen LogP contribution in [0.3, 0.4) is 0 Å². The molecule has 0 aliphatic heterocycles. The summed E-state index contributed by atoms with van der Waals surface area (Å²) in [6, 6.07) is 10.2. The summed E-state index contributed by atoms with van der Waals surface area (Å²) in [5, 5.41) is 0. The predicted molar refractivity (Wildman–Crippen MR) is 62.2 cm³/mol. The van der Waals surface area contributed by atoms with Gasteiger partial charge in [0.1, 0.15) is 5.75 Å². The summed E-state index contributed by atoms with van der Waals surface area (Å²) in [4.78, 5) is 3.27. The minimum Gasteiger partial charge on any atom is -0.496 e. The van der Waals surface area contributed by atoms with Gasteiger partial charge in [-0.1, -0.05) is 19.1 Å². The first-order valence-corrected chi connectivity index (χ1v) is 5.16. The van der Waals surface area contributed by atoms with Crippen LogP contribution < -0.4 is 4.74 Å². The molecule has 0 saturated carbocycles. The van der Waals surface area contributed by atoms with E-state index in [2.05, 4.69) is 24.0 Å². The summed E-state index contributed by atoms with van der Waals surface area (Å²) in [6.45, 7) is 2.15. The number of rotatable bonds is 3. The molecule has 1 N–H and O–H groups in total. The van der Waals surface area contributed by atoms with Gasteiger partial charge in [0.25, 0.3) is 0 Å². The topological polar surface area (TPSA) is 25.0 Å². The number of hydrogen-bond acceptors (Lipinski definition) is 1. The average molecular weight is 201 g/mol. The van der Waals surface area contributed by atoms with Crippen molar-refractivity contribution in [3.05, 3.63) is 42.1 Å². The van der Waals surface area contributed by atoms with E-state index in [-0.39, 0.29) is 0 Å². The highest BCUT2D eigenvalue weighted by atomic mass is 16.5. The van der Waals surface area contributed by atoms with Crippen LogP contribution in [-0.4, -0.2) is 12.1 Å². The molecule has 78 valence electrons. The van der Waals surface area contributed by atoms with E-state index < -0.39 is 0 Å². The molecule has 0 atom stereocenters. The number of H-pyrrole nitrogens is 1. The van der Waals surface area contributed by atoms with E-state index >= 15 is 0 Å². The Bertz CT molecular complexity index is 445. The molecule has 0 radical (unpaired) electrons. The number of para-hydroxylation sites is 1. The minimum atomic E-state index is 0.912. The molecule has 1 heterocycles. The zero-order valence-electron chi connectivity index (χ0n) is 9.08. The molecule has 0 bridgehead atoms. The van der Waals surface area contributed by atoms with Crippen molar-refractivity contribution in [2.75, 3.05) is 7.11 Å². The number of aryl methyl sites for hydroxylation is 1. The van der Waals surface area contributed by atoms with Gasteiger partial charge in [-0.3, -0.25) is 0 Å². The Morgan fingerprint density at radius 2 is 2.00 bits per heavy atom. The van der Waals surface area contributed by atoms with Crippen LogP contribution in [0.2, 0.25) is 0 Å². The van der Waals surface area contributed by atoms with Crippen LogP contribution in [-0.2, 0) is 6.42 Å². The maximum absolute atomic E-state index is 5.35. The van der Waals surface area contributed by atoms with Crippen molar-refractivity contribution >= 4 is 0 Å². The van der Waals surface area contributed by atoms with Crippen molar-refractivity contribution in [1.82, 2.24) is 4.98 Å². The van der Waals surface area contributed by atoms with E-state index in [4.69, 9.17) is 4.74 Å². The Hall–Kier alpha value is -1.70. The fourth-order valence-electron chi connectivity index (χ4n) is 1.80. The third kappa shape index (κ3) is 1.75. The highest BCUT2D eigenvalue weighted by Crippen LogP contribution is 2.30. The molecule has 0 aliphatic carbocycles. The lowest BCUT2D eigenvalue weighted by Crippen LogP contribution is -1.90. The summed E-state index contributed by atoms with van der Waals surface area (Å²) in [6.07, 6.45) is 3.00. The third-order valence-corrected chi connectivity index (χ3v) is 2.59. The highest BCUT2D eigenvalue weighted by Gasteiger charge is 2.09. The standard InChI is InChI=1S/C13H15NO/c1-3-10-8-9-14-13(10)11-6-4-5-7-12(11)15-2/h4-9,14H,3H2,1-2H3. The van der Waals surface area contributed by atoms with Crippen LogP contribution in [0.5, 0.6) is 5.75 Å². The first kappa shape index (κ1) is 9.84. The van der Waals surface area contributed by atoms with Gasteiger partial charge in [0.05, 0.1) is 12.8 Å².